The van der Waals surface area contributed by atoms with Gasteiger partial charge in [0.2, 0.25) is 5.91 Å². The number of carbonyl (C=O) groups is 2. The number of hydrogen-bond donors (Lipinski definition) is 2. The SMILES string of the molecule is CC(=O)Nc1cc(NC(=O)c2c(C)noc2C(C)C)ccc1F. The fraction of sp³-hybridized carbons (Fsp3) is 0.312. The van der Waals surface area contributed by atoms with Gasteiger partial charge in [-0.05, 0) is 25.1 Å². The number of halogens is 1. The van der Waals surface area contributed by atoms with E-state index >= 15 is 0 Å². The van der Waals surface area contributed by atoms with Crippen LogP contribution >= 0.6 is 0 Å². The maximum atomic E-state index is 13.6. The first-order chi connectivity index (χ1) is 10.8. The molecule has 0 bridgehead atoms. The van der Waals surface area contributed by atoms with Gasteiger partial charge < -0.3 is 15.2 Å². The molecule has 23 heavy (non-hydrogen) atoms. The van der Waals surface area contributed by atoms with Gasteiger partial charge in [-0.3, -0.25) is 9.59 Å². The van der Waals surface area contributed by atoms with Gasteiger partial charge in [-0.25, -0.2) is 4.39 Å². The van der Waals surface area contributed by atoms with E-state index < -0.39 is 17.6 Å². The zero-order valence-corrected chi connectivity index (χ0v) is 13.4. The molecule has 122 valence electrons. The predicted molar refractivity (Wildman–Crippen MR) is 84.0 cm³/mol. The van der Waals surface area contributed by atoms with Crippen molar-refractivity contribution in [2.75, 3.05) is 10.6 Å². The summed E-state index contributed by atoms with van der Waals surface area (Å²) < 4.78 is 18.8. The molecule has 6 nitrogen and oxygen atoms in total. The molecule has 0 spiro atoms. The van der Waals surface area contributed by atoms with E-state index in [2.05, 4.69) is 15.8 Å². The minimum Gasteiger partial charge on any atom is -0.360 e. The third kappa shape index (κ3) is 3.74. The van der Waals surface area contributed by atoms with Crippen LogP contribution in [0.25, 0.3) is 0 Å². The summed E-state index contributed by atoms with van der Waals surface area (Å²) in [6, 6.07) is 3.94. The minimum absolute atomic E-state index is 0.000100. The summed E-state index contributed by atoms with van der Waals surface area (Å²) in [5.74, 6) is -0.885. The number of rotatable bonds is 4. The summed E-state index contributed by atoms with van der Waals surface area (Å²) in [6.07, 6.45) is 0. The van der Waals surface area contributed by atoms with Crippen molar-refractivity contribution < 1.29 is 18.5 Å². The lowest BCUT2D eigenvalue weighted by Crippen LogP contribution is -2.15. The second-order valence-electron chi connectivity index (χ2n) is 5.49. The molecule has 0 aliphatic rings. The van der Waals surface area contributed by atoms with Crippen molar-refractivity contribution in [3.05, 3.63) is 41.0 Å². The molecule has 0 saturated heterocycles. The normalized spacial score (nSPS) is 10.7. The Labute approximate surface area is 133 Å². The molecule has 2 rings (SSSR count). The third-order valence-corrected chi connectivity index (χ3v) is 3.18. The Morgan fingerprint density at radius 2 is 1.96 bits per heavy atom. The van der Waals surface area contributed by atoms with Crippen LogP contribution in [0.15, 0.2) is 22.7 Å². The molecule has 2 amide bonds. The zero-order valence-electron chi connectivity index (χ0n) is 13.4. The molecule has 0 radical (unpaired) electrons. The number of nitrogens with zero attached hydrogens (tertiary/aromatic N) is 1. The standard InChI is InChI=1S/C16H18FN3O3/c1-8(2)15-14(9(3)20-23-15)16(22)19-11-5-6-12(17)13(7-11)18-10(4)21/h5-8H,1-4H3,(H,18,21)(H,19,22). The highest BCUT2D eigenvalue weighted by Gasteiger charge is 2.22. The van der Waals surface area contributed by atoms with E-state index in [-0.39, 0.29) is 11.6 Å². The Morgan fingerprint density at radius 3 is 2.57 bits per heavy atom. The van der Waals surface area contributed by atoms with Crippen molar-refractivity contribution in [1.82, 2.24) is 5.16 Å². The minimum atomic E-state index is -0.581. The molecule has 1 aromatic heterocycles. The lowest BCUT2D eigenvalue weighted by molar-refractivity contribution is -0.114. The van der Waals surface area contributed by atoms with Gasteiger partial charge in [-0.15, -0.1) is 0 Å². The van der Waals surface area contributed by atoms with Crippen molar-refractivity contribution in [2.24, 2.45) is 0 Å². The molecule has 0 saturated carbocycles. The monoisotopic (exact) mass is 319 g/mol. The molecule has 0 atom stereocenters. The van der Waals surface area contributed by atoms with Crippen LogP contribution in [0.2, 0.25) is 0 Å². The van der Waals surface area contributed by atoms with Crippen LogP contribution in [0.1, 0.15) is 48.5 Å². The second-order valence-corrected chi connectivity index (χ2v) is 5.49. The molecule has 1 heterocycles. The van der Waals surface area contributed by atoms with E-state index in [1.807, 2.05) is 13.8 Å². The van der Waals surface area contributed by atoms with Crippen molar-refractivity contribution in [3.63, 3.8) is 0 Å². The van der Waals surface area contributed by atoms with Crippen LogP contribution in [-0.4, -0.2) is 17.0 Å². The summed E-state index contributed by atoms with van der Waals surface area (Å²) in [6.45, 7) is 6.74. The highest BCUT2D eigenvalue weighted by molar-refractivity contribution is 6.06. The van der Waals surface area contributed by atoms with E-state index in [0.717, 1.165) is 0 Å². The van der Waals surface area contributed by atoms with Crippen LogP contribution in [0, 0.1) is 12.7 Å². The first kappa shape index (κ1) is 16.7. The van der Waals surface area contributed by atoms with E-state index in [1.54, 1.807) is 6.92 Å². The number of benzene rings is 1. The van der Waals surface area contributed by atoms with Crippen LogP contribution in [-0.2, 0) is 4.79 Å². The molecular formula is C16H18FN3O3. The molecule has 1 aromatic carbocycles. The number of aromatic nitrogens is 1. The molecule has 2 N–H and O–H groups in total. The second kappa shape index (κ2) is 6.60. The Hall–Kier alpha value is -2.70. The fourth-order valence-corrected chi connectivity index (χ4v) is 2.14. The summed E-state index contributed by atoms with van der Waals surface area (Å²) in [4.78, 5) is 23.5. The van der Waals surface area contributed by atoms with Gasteiger partial charge >= 0.3 is 0 Å². The average Bonchev–Trinajstić information content (AvgIpc) is 2.84. The zero-order chi connectivity index (χ0) is 17.1. The highest BCUT2D eigenvalue weighted by Crippen LogP contribution is 2.25. The molecular weight excluding hydrogens is 301 g/mol. The van der Waals surface area contributed by atoms with E-state index in [1.165, 1.54) is 25.1 Å². The smallest absolute Gasteiger partial charge is 0.261 e. The van der Waals surface area contributed by atoms with Gasteiger partial charge in [-0.2, -0.15) is 0 Å². The van der Waals surface area contributed by atoms with Gasteiger partial charge in [0.15, 0.2) is 5.76 Å². The number of aryl methyl sites for hydroxylation is 1. The van der Waals surface area contributed by atoms with Gasteiger partial charge in [0.1, 0.15) is 11.4 Å². The maximum Gasteiger partial charge on any atom is 0.261 e. The number of amides is 2. The van der Waals surface area contributed by atoms with Gasteiger partial charge in [0, 0.05) is 18.5 Å². The van der Waals surface area contributed by atoms with E-state index in [9.17, 15) is 14.0 Å². The van der Waals surface area contributed by atoms with Gasteiger partial charge in [0.25, 0.3) is 5.91 Å². The Balaban J connectivity index is 2.27. The third-order valence-electron chi connectivity index (χ3n) is 3.18. The quantitative estimate of drug-likeness (QED) is 0.904. The topological polar surface area (TPSA) is 84.2 Å². The van der Waals surface area contributed by atoms with Crippen molar-refractivity contribution in [1.29, 1.82) is 0 Å². The Kier molecular flexibility index (Phi) is 4.78. The summed E-state index contributed by atoms with van der Waals surface area (Å²) in [5.41, 5.74) is 1.21. The summed E-state index contributed by atoms with van der Waals surface area (Å²) in [7, 11) is 0. The highest BCUT2D eigenvalue weighted by atomic mass is 19.1. The first-order valence-corrected chi connectivity index (χ1v) is 7.14. The van der Waals surface area contributed by atoms with Crippen molar-refractivity contribution in [2.45, 2.75) is 33.6 Å². The van der Waals surface area contributed by atoms with E-state index in [4.69, 9.17) is 4.52 Å². The van der Waals surface area contributed by atoms with Crippen LogP contribution in [0.5, 0.6) is 0 Å². The van der Waals surface area contributed by atoms with E-state index in [0.29, 0.717) is 22.7 Å². The van der Waals surface area contributed by atoms with Crippen LogP contribution in [0.3, 0.4) is 0 Å². The van der Waals surface area contributed by atoms with Crippen LogP contribution in [0.4, 0.5) is 15.8 Å². The fourth-order valence-electron chi connectivity index (χ4n) is 2.14. The number of nitrogens with one attached hydrogen (secondary N) is 2. The summed E-state index contributed by atoms with van der Waals surface area (Å²) >= 11 is 0. The number of carbonyl (C=O) groups excluding carboxylic acids is 2. The number of hydrogen-bond acceptors (Lipinski definition) is 4. The molecule has 0 aliphatic carbocycles. The summed E-state index contributed by atoms with van der Waals surface area (Å²) in [5, 5.41) is 8.85. The maximum absolute atomic E-state index is 13.6. The molecule has 2 aromatic rings. The lowest BCUT2D eigenvalue weighted by Gasteiger charge is -2.10. The molecule has 0 aliphatic heterocycles. The van der Waals surface area contributed by atoms with Gasteiger partial charge in [-0.1, -0.05) is 19.0 Å². The average molecular weight is 319 g/mol. The molecule has 7 heteroatoms. The lowest BCUT2D eigenvalue weighted by atomic mass is 10.0. The van der Waals surface area contributed by atoms with Gasteiger partial charge in [0.05, 0.1) is 11.4 Å². The Morgan fingerprint density at radius 1 is 1.26 bits per heavy atom. The van der Waals surface area contributed by atoms with Crippen molar-refractivity contribution in [3.8, 4) is 0 Å². The van der Waals surface area contributed by atoms with Crippen molar-refractivity contribution >= 4 is 23.2 Å². The predicted octanol–water partition coefficient (Wildman–Crippen LogP) is 3.46. The Bertz CT molecular complexity index is 753. The number of anilines is 2. The molecule has 0 unspecified atom stereocenters. The first-order valence-electron chi connectivity index (χ1n) is 7.14. The largest absolute Gasteiger partial charge is 0.360 e. The van der Waals surface area contributed by atoms with Crippen LogP contribution < -0.4 is 10.6 Å². The molecule has 0 fully saturated rings.